The van der Waals surface area contributed by atoms with Gasteiger partial charge in [-0.05, 0) is 32.4 Å². The Morgan fingerprint density at radius 3 is 2.69 bits per heavy atom. The maximum Gasteiger partial charge on any atom is 0.253 e. The van der Waals surface area contributed by atoms with E-state index in [2.05, 4.69) is 5.32 Å². The first kappa shape index (κ1) is 13.0. The van der Waals surface area contributed by atoms with Gasteiger partial charge in [-0.1, -0.05) is 23.7 Å². The van der Waals surface area contributed by atoms with Crippen LogP contribution in [-0.4, -0.2) is 23.2 Å². The van der Waals surface area contributed by atoms with Crippen molar-refractivity contribution in [2.24, 2.45) is 0 Å². The Hall–Kier alpha value is -1.06. The first-order chi connectivity index (χ1) is 7.37. The second kappa shape index (κ2) is 4.85. The van der Waals surface area contributed by atoms with E-state index in [-0.39, 0.29) is 12.5 Å². The van der Waals surface area contributed by atoms with E-state index in [9.17, 15) is 4.79 Å². The average molecular weight is 242 g/mol. The zero-order chi connectivity index (χ0) is 12.3. The number of rotatable bonds is 3. The first-order valence-corrected chi connectivity index (χ1v) is 5.43. The number of nitrogens with one attached hydrogen (secondary N) is 1. The fourth-order valence-electron chi connectivity index (χ4n) is 1.24. The molecule has 0 spiro atoms. The third-order valence-corrected chi connectivity index (χ3v) is 2.79. The highest BCUT2D eigenvalue weighted by Crippen LogP contribution is 2.20. The molecule has 0 atom stereocenters. The van der Waals surface area contributed by atoms with Crippen LogP contribution in [0.2, 0.25) is 5.02 Å². The van der Waals surface area contributed by atoms with Crippen molar-refractivity contribution in [3.8, 4) is 0 Å². The molecular formula is C12H16ClNO2. The molecular weight excluding hydrogens is 226 g/mol. The number of benzene rings is 1. The molecule has 1 aromatic carbocycles. The lowest BCUT2D eigenvalue weighted by molar-refractivity contribution is 0.0869. The van der Waals surface area contributed by atoms with Crippen LogP contribution in [-0.2, 0) is 0 Å². The van der Waals surface area contributed by atoms with Crippen molar-refractivity contribution in [2.75, 3.05) is 6.61 Å². The monoisotopic (exact) mass is 241 g/mol. The molecule has 0 heterocycles. The number of carbonyl (C=O) groups excluding carboxylic acids is 1. The molecule has 0 aromatic heterocycles. The molecule has 4 heteroatoms. The molecule has 0 saturated carbocycles. The minimum absolute atomic E-state index is 0.123. The maximum absolute atomic E-state index is 11.9. The lowest BCUT2D eigenvalue weighted by Crippen LogP contribution is -2.46. The van der Waals surface area contributed by atoms with Gasteiger partial charge in [-0.3, -0.25) is 4.79 Å². The number of hydrogen-bond donors (Lipinski definition) is 2. The van der Waals surface area contributed by atoms with E-state index < -0.39 is 5.54 Å². The number of carbonyl (C=O) groups is 1. The molecule has 16 heavy (non-hydrogen) atoms. The van der Waals surface area contributed by atoms with Gasteiger partial charge in [-0.2, -0.15) is 0 Å². The summed E-state index contributed by atoms with van der Waals surface area (Å²) in [6.45, 7) is 5.21. The first-order valence-electron chi connectivity index (χ1n) is 5.06. The van der Waals surface area contributed by atoms with Gasteiger partial charge in [0.1, 0.15) is 0 Å². The van der Waals surface area contributed by atoms with Gasteiger partial charge in [-0.25, -0.2) is 0 Å². The van der Waals surface area contributed by atoms with Gasteiger partial charge < -0.3 is 10.4 Å². The van der Waals surface area contributed by atoms with Gasteiger partial charge >= 0.3 is 0 Å². The third kappa shape index (κ3) is 2.97. The maximum atomic E-state index is 11.9. The van der Waals surface area contributed by atoms with E-state index in [0.29, 0.717) is 10.6 Å². The molecule has 0 aliphatic heterocycles. The van der Waals surface area contributed by atoms with E-state index in [0.717, 1.165) is 5.56 Å². The van der Waals surface area contributed by atoms with E-state index in [1.807, 2.05) is 13.0 Å². The van der Waals surface area contributed by atoms with Crippen LogP contribution in [0.5, 0.6) is 0 Å². The van der Waals surface area contributed by atoms with Gasteiger partial charge in [0.2, 0.25) is 0 Å². The molecule has 0 fully saturated rings. The molecule has 0 aliphatic carbocycles. The van der Waals surface area contributed by atoms with Gasteiger partial charge in [0.05, 0.1) is 22.7 Å². The highest BCUT2D eigenvalue weighted by atomic mass is 35.5. The lowest BCUT2D eigenvalue weighted by Gasteiger charge is -2.23. The second-order valence-corrected chi connectivity index (χ2v) is 4.81. The Morgan fingerprint density at radius 1 is 1.50 bits per heavy atom. The highest BCUT2D eigenvalue weighted by molar-refractivity contribution is 6.34. The molecule has 0 saturated heterocycles. The molecule has 0 bridgehead atoms. The lowest BCUT2D eigenvalue weighted by atomic mass is 10.1. The van der Waals surface area contributed by atoms with E-state index >= 15 is 0 Å². The molecule has 88 valence electrons. The predicted octanol–water partition coefficient (Wildman–Crippen LogP) is 2.15. The summed E-state index contributed by atoms with van der Waals surface area (Å²) in [5, 5.41) is 12.2. The summed E-state index contributed by atoms with van der Waals surface area (Å²) < 4.78 is 0. The predicted molar refractivity (Wildman–Crippen MR) is 64.8 cm³/mol. The summed E-state index contributed by atoms with van der Waals surface area (Å²) in [5.41, 5.74) is 0.642. The summed E-state index contributed by atoms with van der Waals surface area (Å²) in [6.07, 6.45) is 0. The van der Waals surface area contributed by atoms with Crippen LogP contribution < -0.4 is 5.32 Å². The summed E-state index contributed by atoms with van der Waals surface area (Å²) in [4.78, 5) is 11.9. The fourth-order valence-corrected chi connectivity index (χ4v) is 1.45. The standard InChI is InChI=1S/C12H16ClNO2/c1-8-5-4-6-9(10(8)13)11(16)14-12(2,3)7-15/h4-6,15H,7H2,1-3H3,(H,14,16). The van der Waals surface area contributed by atoms with Crippen LogP contribution in [0.4, 0.5) is 0 Å². The van der Waals surface area contributed by atoms with Gasteiger partial charge in [0.25, 0.3) is 5.91 Å². The molecule has 0 unspecified atom stereocenters. The zero-order valence-corrected chi connectivity index (χ0v) is 10.4. The highest BCUT2D eigenvalue weighted by Gasteiger charge is 2.21. The topological polar surface area (TPSA) is 49.3 Å². The number of hydrogen-bond acceptors (Lipinski definition) is 2. The Morgan fingerprint density at radius 2 is 2.12 bits per heavy atom. The number of aryl methyl sites for hydroxylation is 1. The molecule has 1 aromatic rings. The zero-order valence-electron chi connectivity index (χ0n) is 9.67. The second-order valence-electron chi connectivity index (χ2n) is 4.43. The number of aliphatic hydroxyl groups excluding tert-OH is 1. The summed E-state index contributed by atoms with van der Waals surface area (Å²) >= 11 is 6.04. The molecule has 3 nitrogen and oxygen atoms in total. The van der Waals surface area contributed by atoms with E-state index in [1.54, 1.807) is 26.0 Å². The Balaban J connectivity index is 2.94. The summed E-state index contributed by atoms with van der Waals surface area (Å²) in [5.74, 6) is -0.271. The van der Waals surface area contributed by atoms with Gasteiger partial charge in [-0.15, -0.1) is 0 Å². The smallest absolute Gasteiger partial charge is 0.253 e. The van der Waals surface area contributed by atoms with Crippen molar-refractivity contribution >= 4 is 17.5 Å². The van der Waals surface area contributed by atoms with Crippen molar-refractivity contribution in [1.29, 1.82) is 0 Å². The SMILES string of the molecule is Cc1cccc(C(=O)NC(C)(C)CO)c1Cl. The van der Waals surface area contributed by atoms with Gasteiger partial charge in [0, 0.05) is 0 Å². The quantitative estimate of drug-likeness (QED) is 0.852. The van der Waals surface area contributed by atoms with E-state index in [1.165, 1.54) is 0 Å². The van der Waals surface area contributed by atoms with Crippen molar-refractivity contribution in [3.05, 3.63) is 34.3 Å². The normalized spacial score (nSPS) is 11.3. The van der Waals surface area contributed by atoms with E-state index in [4.69, 9.17) is 16.7 Å². The Labute approximate surface area is 100 Å². The van der Waals surface area contributed by atoms with Crippen LogP contribution in [0.1, 0.15) is 29.8 Å². The van der Waals surface area contributed by atoms with Crippen molar-refractivity contribution in [2.45, 2.75) is 26.3 Å². The van der Waals surface area contributed by atoms with Crippen LogP contribution in [0.25, 0.3) is 0 Å². The van der Waals surface area contributed by atoms with Crippen LogP contribution in [0.3, 0.4) is 0 Å². The fraction of sp³-hybridized carbons (Fsp3) is 0.417. The summed E-state index contributed by atoms with van der Waals surface area (Å²) in [6, 6.07) is 5.29. The minimum Gasteiger partial charge on any atom is -0.394 e. The van der Waals surface area contributed by atoms with Crippen LogP contribution in [0, 0.1) is 6.92 Å². The molecule has 1 amide bonds. The average Bonchev–Trinajstić information content (AvgIpc) is 2.21. The Bertz CT molecular complexity index is 402. The summed E-state index contributed by atoms with van der Waals surface area (Å²) in [7, 11) is 0. The number of aliphatic hydroxyl groups is 1. The number of halogens is 1. The van der Waals surface area contributed by atoms with Crippen molar-refractivity contribution in [3.63, 3.8) is 0 Å². The molecule has 1 rings (SSSR count). The Kier molecular flexibility index (Phi) is 3.94. The third-order valence-electron chi connectivity index (χ3n) is 2.28. The molecule has 2 N–H and O–H groups in total. The number of amides is 1. The largest absolute Gasteiger partial charge is 0.394 e. The molecule has 0 aliphatic rings. The van der Waals surface area contributed by atoms with Crippen LogP contribution >= 0.6 is 11.6 Å². The van der Waals surface area contributed by atoms with Crippen molar-refractivity contribution in [1.82, 2.24) is 5.32 Å². The van der Waals surface area contributed by atoms with Crippen LogP contribution in [0.15, 0.2) is 18.2 Å². The minimum atomic E-state index is -0.649. The molecule has 0 radical (unpaired) electrons. The van der Waals surface area contributed by atoms with Crippen molar-refractivity contribution < 1.29 is 9.90 Å². The van der Waals surface area contributed by atoms with Gasteiger partial charge in [0.15, 0.2) is 0 Å².